The minimum atomic E-state index is 0.192. The summed E-state index contributed by atoms with van der Waals surface area (Å²) in [5.74, 6) is 0. The van der Waals surface area contributed by atoms with E-state index < -0.39 is 0 Å². The van der Waals surface area contributed by atoms with Gasteiger partial charge in [-0.25, -0.2) is 0 Å². The first-order valence-electron chi connectivity index (χ1n) is 6.34. The van der Waals surface area contributed by atoms with Crippen molar-refractivity contribution in [1.82, 2.24) is 0 Å². The summed E-state index contributed by atoms with van der Waals surface area (Å²) in [7, 11) is 1.76. The molecule has 3 heteroatoms. The Bertz CT molecular complexity index is 367. The zero-order chi connectivity index (χ0) is 12.3. The Morgan fingerprint density at radius 1 is 1.47 bits per heavy atom. The van der Waals surface area contributed by atoms with E-state index in [0.717, 1.165) is 26.0 Å². The van der Waals surface area contributed by atoms with Gasteiger partial charge in [-0.2, -0.15) is 0 Å². The smallest absolute Gasteiger partial charge is 0.0481 e. The second kappa shape index (κ2) is 5.52. The maximum Gasteiger partial charge on any atom is 0.0481 e. The van der Waals surface area contributed by atoms with Crippen molar-refractivity contribution in [3.8, 4) is 0 Å². The summed E-state index contributed by atoms with van der Waals surface area (Å²) in [5, 5.41) is 0. The molecule has 2 atom stereocenters. The Morgan fingerprint density at radius 2 is 2.24 bits per heavy atom. The molecule has 3 nitrogen and oxygen atoms in total. The van der Waals surface area contributed by atoms with E-state index in [1.807, 2.05) is 0 Å². The summed E-state index contributed by atoms with van der Waals surface area (Å²) in [6.07, 6.45) is 2.09. The van der Waals surface area contributed by atoms with E-state index in [2.05, 4.69) is 36.1 Å². The third-order valence-electron chi connectivity index (χ3n) is 3.60. The van der Waals surface area contributed by atoms with E-state index in [1.54, 1.807) is 7.11 Å². The molecule has 17 heavy (non-hydrogen) atoms. The number of methoxy groups -OCH3 is 1. The average Bonchev–Trinajstić information content (AvgIpc) is 2.37. The zero-order valence-electron chi connectivity index (χ0n) is 10.7. The van der Waals surface area contributed by atoms with E-state index in [-0.39, 0.29) is 6.04 Å². The van der Waals surface area contributed by atoms with Crippen LogP contribution in [0.2, 0.25) is 0 Å². The van der Waals surface area contributed by atoms with Crippen molar-refractivity contribution in [2.75, 3.05) is 25.2 Å². The standard InChI is InChI=1S/C14H22N2O/c1-11(8-10-17-2)16-9-7-13(15)12-5-3-4-6-14(12)16/h3-6,11,13H,7-10,15H2,1-2H3. The quantitative estimate of drug-likeness (QED) is 0.869. The van der Waals surface area contributed by atoms with Gasteiger partial charge in [0.1, 0.15) is 0 Å². The lowest BCUT2D eigenvalue weighted by Gasteiger charge is -2.38. The second-order valence-electron chi connectivity index (χ2n) is 4.78. The third kappa shape index (κ3) is 2.61. The Balaban J connectivity index is 2.18. The molecule has 2 N–H and O–H groups in total. The van der Waals surface area contributed by atoms with Gasteiger partial charge in [-0.1, -0.05) is 18.2 Å². The molecule has 0 radical (unpaired) electrons. The molecule has 0 bridgehead atoms. The minimum Gasteiger partial charge on any atom is -0.385 e. The summed E-state index contributed by atoms with van der Waals surface area (Å²) in [4.78, 5) is 2.46. The largest absolute Gasteiger partial charge is 0.385 e. The average molecular weight is 234 g/mol. The Kier molecular flexibility index (Phi) is 4.02. The zero-order valence-corrected chi connectivity index (χ0v) is 10.7. The number of benzene rings is 1. The molecule has 0 aromatic heterocycles. The highest BCUT2D eigenvalue weighted by molar-refractivity contribution is 5.57. The topological polar surface area (TPSA) is 38.5 Å². The van der Waals surface area contributed by atoms with Crippen molar-refractivity contribution >= 4 is 5.69 Å². The number of hydrogen-bond donors (Lipinski definition) is 1. The van der Waals surface area contributed by atoms with E-state index >= 15 is 0 Å². The van der Waals surface area contributed by atoms with Gasteiger partial charge < -0.3 is 15.4 Å². The van der Waals surface area contributed by atoms with Crippen LogP contribution in [0.5, 0.6) is 0 Å². The molecule has 0 aliphatic carbocycles. The Labute approximate surface area is 104 Å². The lowest BCUT2D eigenvalue weighted by atomic mass is 9.95. The number of nitrogens with zero attached hydrogens (tertiary/aromatic N) is 1. The molecule has 0 spiro atoms. The van der Waals surface area contributed by atoms with Crippen molar-refractivity contribution in [3.05, 3.63) is 29.8 Å². The van der Waals surface area contributed by atoms with Crippen LogP contribution in [0.3, 0.4) is 0 Å². The first-order chi connectivity index (χ1) is 8.24. The molecule has 1 aliphatic rings. The number of hydrogen-bond acceptors (Lipinski definition) is 3. The Morgan fingerprint density at radius 3 is 3.00 bits per heavy atom. The van der Waals surface area contributed by atoms with Crippen LogP contribution in [0.4, 0.5) is 5.69 Å². The van der Waals surface area contributed by atoms with Crippen LogP contribution in [0, 0.1) is 0 Å². The van der Waals surface area contributed by atoms with Gasteiger partial charge in [0.25, 0.3) is 0 Å². The summed E-state index contributed by atoms with van der Waals surface area (Å²) in [6, 6.07) is 9.18. The molecular formula is C14H22N2O. The molecule has 1 aliphatic heterocycles. The van der Waals surface area contributed by atoms with Crippen molar-refractivity contribution in [2.45, 2.75) is 31.8 Å². The van der Waals surface area contributed by atoms with Crippen LogP contribution in [-0.2, 0) is 4.74 Å². The normalized spacial score (nSPS) is 21.1. The molecule has 0 amide bonds. The summed E-state index contributed by atoms with van der Waals surface area (Å²) < 4.78 is 5.16. The monoisotopic (exact) mass is 234 g/mol. The molecule has 1 aromatic carbocycles. The van der Waals surface area contributed by atoms with E-state index in [0.29, 0.717) is 6.04 Å². The van der Waals surface area contributed by atoms with Crippen molar-refractivity contribution in [3.63, 3.8) is 0 Å². The number of nitrogens with two attached hydrogens (primary N) is 1. The van der Waals surface area contributed by atoms with Crippen molar-refractivity contribution in [1.29, 1.82) is 0 Å². The van der Waals surface area contributed by atoms with Gasteiger partial charge in [0.15, 0.2) is 0 Å². The van der Waals surface area contributed by atoms with Crippen LogP contribution in [0.25, 0.3) is 0 Å². The maximum atomic E-state index is 6.16. The van der Waals surface area contributed by atoms with Crippen LogP contribution in [0.15, 0.2) is 24.3 Å². The van der Waals surface area contributed by atoms with Gasteiger partial charge in [-0.05, 0) is 31.4 Å². The van der Waals surface area contributed by atoms with Crippen molar-refractivity contribution in [2.24, 2.45) is 5.73 Å². The fourth-order valence-corrected chi connectivity index (χ4v) is 2.52. The predicted molar refractivity (Wildman–Crippen MR) is 71.3 cm³/mol. The molecule has 1 aromatic rings. The first-order valence-corrected chi connectivity index (χ1v) is 6.34. The van der Waals surface area contributed by atoms with Crippen LogP contribution in [0.1, 0.15) is 31.4 Å². The summed E-state index contributed by atoms with van der Waals surface area (Å²) in [5.41, 5.74) is 8.74. The lowest BCUT2D eigenvalue weighted by Crippen LogP contribution is -2.40. The first kappa shape index (κ1) is 12.4. The predicted octanol–water partition coefficient (Wildman–Crippen LogP) is 2.32. The molecule has 1 heterocycles. The molecular weight excluding hydrogens is 212 g/mol. The Hall–Kier alpha value is -1.06. The second-order valence-corrected chi connectivity index (χ2v) is 4.78. The maximum absolute atomic E-state index is 6.16. The highest BCUT2D eigenvalue weighted by Gasteiger charge is 2.24. The van der Waals surface area contributed by atoms with Gasteiger partial charge in [0.05, 0.1) is 0 Å². The van der Waals surface area contributed by atoms with Gasteiger partial charge >= 0.3 is 0 Å². The fraction of sp³-hybridized carbons (Fsp3) is 0.571. The van der Waals surface area contributed by atoms with Crippen LogP contribution < -0.4 is 10.6 Å². The fourth-order valence-electron chi connectivity index (χ4n) is 2.52. The third-order valence-corrected chi connectivity index (χ3v) is 3.60. The minimum absolute atomic E-state index is 0.192. The van der Waals surface area contributed by atoms with Crippen molar-refractivity contribution < 1.29 is 4.74 Å². The summed E-state index contributed by atoms with van der Waals surface area (Å²) in [6.45, 7) is 4.11. The van der Waals surface area contributed by atoms with E-state index in [1.165, 1.54) is 11.3 Å². The lowest BCUT2D eigenvalue weighted by molar-refractivity contribution is 0.188. The number of fused-ring (bicyclic) bond motifs is 1. The van der Waals surface area contributed by atoms with E-state index in [9.17, 15) is 0 Å². The van der Waals surface area contributed by atoms with E-state index in [4.69, 9.17) is 10.5 Å². The summed E-state index contributed by atoms with van der Waals surface area (Å²) >= 11 is 0. The SMILES string of the molecule is COCCC(C)N1CCC(N)c2ccccc21. The number of para-hydroxylation sites is 1. The number of rotatable bonds is 4. The van der Waals surface area contributed by atoms with Gasteiger partial charge in [-0.15, -0.1) is 0 Å². The molecule has 94 valence electrons. The molecule has 0 fully saturated rings. The highest BCUT2D eigenvalue weighted by atomic mass is 16.5. The number of ether oxygens (including phenoxy) is 1. The van der Waals surface area contributed by atoms with Gasteiger partial charge in [0.2, 0.25) is 0 Å². The highest BCUT2D eigenvalue weighted by Crippen LogP contribution is 2.33. The van der Waals surface area contributed by atoms with Crippen LogP contribution >= 0.6 is 0 Å². The van der Waals surface area contributed by atoms with Gasteiger partial charge in [0, 0.05) is 38.0 Å². The molecule has 2 rings (SSSR count). The molecule has 0 saturated carbocycles. The number of anilines is 1. The molecule has 0 saturated heterocycles. The van der Waals surface area contributed by atoms with Crippen LogP contribution in [-0.4, -0.2) is 26.3 Å². The molecule has 2 unspecified atom stereocenters. The van der Waals surface area contributed by atoms with Gasteiger partial charge in [-0.3, -0.25) is 0 Å².